The lowest BCUT2D eigenvalue weighted by Gasteiger charge is -2.33. The lowest BCUT2D eigenvalue weighted by atomic mass is 9.71. The smallest absolute Gasteiger partial charge is 0.336 e. The Morgan fingerprint density at radius 2 is 1.38 bits per heavy atom. The van der Waals surface area contributed by atoms with Crippen molar-refractivity contribution >= 4 is 11.9 Å². The van der Waals surface area contributed by atoms with Crippen molar-refractivity contribution in [2.75, 3.05) is 0 Å². The fraction of sp³-hybridized carbons (Fsp3) is 0.727. The summed E-state index contributed by atoms with van der Waals surface area (Å²) in [5.41, 5.74) is 1.92. The van der Waals surface area contributed by atoms with Crippen LogP contribution in [0, 0.1) is 5.41 Å². The molecule has 4 heteroatoms. The number of carbonyl (C=O) groups is 2. The highest BCUT2D eigenvalue weighted by molar-refractivity contribution is 6.07. The maximum atomic E-state index is 12.3. The molecule has 146 valence electrons. The van der Waals surface area contributed by atoms with Crippen molar-refractivity contribution in [3.63, 3.8) is 0 Å². The van der Waals surface area contributed by atoms with E-state index in [4.69, 9.17) is 0 Å². The van der Waals surface area contributed by atoms with Gasteiger partial charge in [0, 0.05) is 0 Å². The van der Waals surface area contributed by atoms with Crippen molar-refractivity contribution < 1.29 is 19.8 Å². The minimum absolute atomic E-state index is 0.112. The summed E-state index contributed by atoms with van der Waals surface area (Å²) in [6, 6.07) is 0. The second kappa shape index (κ2) is 9.38. The Morgan fingerprint density at radius 3 is 1.85 bits per heavy atom. The largest absolute Gasteiger partial charge is 0.478 e. The van der Waals surface area contributed by atoms with Gasteiger partial charge in [0.2, 0.25) is 0 Å². The Balaban J connectivity index is 2.61. The van der Waals surface area contributed by atoms with Gasteiger partial charge in [-0.3, -0.25) is 0 Å². The summed E-state index contributed by atoms with van der Waals surface area (Å²) in [5.74, 6) is -2.10. The molecule has 0 aromatic heterocycles. The van der Waals surface area contributed by atoms with Crippen LogP contribution in [-0.2, 0) is 9.59 Å². The monoisotopic (exact) mass is 362 g/mol. The summed E-state index contributed by atoms with van der Waals surface area (Å²) in [4.78, 5) is 24.3. The highest BCUT2D eigenvalue weighted by Gasteiger charge is 2.42. The fourth-order valence-electron chi connectivity index (χ4n) is 4.99. The SMILES string of the molecule is CCCCC1(CCCC)CCCC1=C(C(=O)O)C(C(=O)O)=C1CCCC1. The lowest BCUT2D eigenvalue weighted by molar-refractivity contribution is -0.136. The number of carboxylic acid groups (broad SMARTS) is 2. The van der Waals surface area contributed by atoms with Gasteiger partial charge in [-0.25, -0.2) is 9.59 Å². The van der Waals surface area contributed by atoms with Crippen molar-refractivity contribution in [1.82, 2.24) is 0 Å². The quantitative estimate of drug-likeness (QED) is 0.503. The van der Waals surface area contributed by atoms with E-state index in [1.165, 1.54) is 0 Å². The zero-order valence-electron chi connectivity index (χ0n) is 16.4. The summed E-state index contributed by atoms with van der Waals surface area (Å²) in [7, 11) is 0. The zero-order chi connectivity index (χ0) is 19.2. The first-order valence-corrected chi connectivity index (χ1v) is 10.4. The molecule has 0 radical (unpaired) electrons. The number of rotatable bonds is 9. The molecule has 0 unspecified atom stereocenters. The maximum absolute atomic E-state index is 12.3. The second-order valence-corrected chi connectivity index (χ2v) is 7.99. The van der Waals surface area contributed by atoms with Crippen LogP contribution >= 0.6 is 0 Å². The van der Waals surface area contributed by atoms with Crippen LogP contribution in [0.5, 0.6) is 0 Å². The third kappa shape index (κ3) is 4.39. The average molecular weight is 363 g/mol. The van der Waals surface area contributed by atoms with Crippen molar-refractivity contribution in [2.45, 2.75) is 97.3 Å². The highest BCUT2D eigenvalue weighted by Crippen LogP contribution is 2.52. The van der Waals surface area contributed by atoms with Gasteiger partial charge in [-0.2, -0.15) is 0 Å². The van der Waals surface area contributed by atoms with Crippen LogP contribution in [0.25, 0.3) is 0 Å². The van der Waals surface area contributed by atoms with E-state index in [0.29, 0.717) is 0 Å². The van der Waals surface area contributed by atoms with Crippen molar-refractivity contribution in [1.29, 1.82) is 0 Å². The molecule has 0 spiro atoms. The van der Waals surface area contributed by atoms with Crippen LogP contribution in [0.4, 0.5) is 0 Å². The fourth-order valence-corrected chi connectivity index (χ4v) is 4.99. The van der Waals surface area contributed by atoms with Gasteiger partial charge in [-0.15, -0.1) is 0 Å². The van der Waals surface area contributed by atoms with E-state index < -0.39 is 11.9 Å². The molecule has 2 fully saturated rings. The molecule has 2 aliphatic carbocycles. The van der Waals surface area contributed by atoms with E-state index in [0.717, 1.165) is 94.6 Å². The van der Waals surface area contributed by atoms with E-state index in [1.54, 1.807) is 0 Å². The van der Waals surface area contributed by atoms with Crippen LogP contribution < -0.4 is 0 Å². The summed E-state index contributed by atoms with van der Waals surface area (Å²) >= 11 is 0. The molecule has 2 saturated carbocycles. The molecule has 0 aromatic carbocycles. The number of aliphatic carboxylic acids is 2. The van der Waals surface area contributed by atoms with Crippen molar-refractivity contribution in [3.8, 4) is 0 Å². The standard InChI is InChI=1S/C22H34O4/c1-3-5-13-22(14-6-4-2)15-9-12-17(22)19(21(25)26)18(20(23)24)16-10-7-8-11-16/h3-15H2,1-2H3,(H,23,24)(H,25,26). The van der Waals surface area contributed by atoms with E-state index in [1.807, 2.05) is 0 Å². The van der Waals surface area contributed by atoms with Gasteiger partial charge in [-0.1, -0.05) is 45.1 Å². The van der Waals surface area contributed by atoms with E-state index in [-0.39, 0.29) is 16.6 Å². The first-order valence-electron chi connectivity index (χ1n) is 10.4. The first-order chi connectivity index (χ1) is 12.5. The van der Waals surface area contributed by atoms with Gasteiger partial charge < -0.3 is 10.2 Å². The lowest BCUT2D eigenvalue weighted by Crippen LogP contribution is -2.25. The van der Waals surface area contributed by atoms with Gasteiger partial charge in [0.25, 0.3) is 0 Å². The third-order valence-electron chi connectivity index (χ3n) is 6.28. The average Bonchev–Trinajstić information content (AvgIpc) is 3.25. The van der Waals surface area contributed by atoms with Gasteiger partial charge >= 0.3 is 11.9 Å². The van der Waals surface area contributed by atoms with Crippen molar-refractivity contribution in [3.05, 3.63) is 22.3 Å². The molecule has 2 rings (SSSR count). The summed E-state index contributed by atoms with van der Waals surface area (Å²) in [6.45, 7) is 4.32. The van der Waals surface area contributed by atoms with Crippen LogP contribution in [0.15, 0.2) is 22.3 Å². The summed E-state index contributed by atoms with van der Waals surface area (Å²) < 4.78 is 0. The van der Waals surface area contributed by atoms with Gasteiger partial charge in [-0.05, 0) is 68.8 Å². The van der Waals surface area contributed by atoms with E-state index in [9.17, 15) is 19.8 Å². The van der Waals surface area contributed by atoms with Crippen molar-refractivity contribution in [2.24, 2.45) is 5.41 Å². The van der Waals surface area contributed by atoms with Gasteiger partial charge in [0.15, 0.2) is 0 Å². The predicted octanol–water partition coefficient (Wildman–Crippen LogP) is 5.87. The Bertz CT molecular complexity index is 581. The third-order valence-corrected chi connectivity index (χ3v) is 6.28. The Morgan fingerprint density at radius 1 is 0.846 bits per heavy atom. The molecular weight excluding hydrogens is 328 g/mol. The molecule has 0 amide bonds. The number of allylic oxidation sites excluding steroid dienone is 2. The molecule has 4 nitrogen and oxygen atoms in total. The summed E-state index contributed by atoms with van der Waals surface area (Å²) in [6.07, 6.45) is 12.4. The van der Waals surface area contributed by atoms with Gasteiger partial charge in [0.05, 0.1) is 11.1 Å². The van der Waals surface area contributed by atoms with Gasteiger partial charge in [0.1, 0.15) is 0 Å². The molecular formula is C22H34O4. The number of hydrogen-bond acceptors (Lipinski definition) is 2. The Labute approximate surface area is 157 Å². The molecule has 0 heterocycles. The number of hydrogen-bond donors (Lipinski definition) is 2. The number of unbranched alkanes of at least 4 members (excludes halogenated alkanes) is 2. The minimum atomic E-state index is -1.06. The normalized spacial score (nSPS) is 21.1. The molecule has 26 heavy (non-hydrogen) atoms. The van der Waals surface area contributed by atoms with E-state index in [2.05, 4.69) is 13.8 Å². The second-order valence-electron chi connectivity index (χ2n) is 7.99. The molecule has 0 aliphatic heterocycles. The predicted molar refractivity (Wildman–Crippen MR) is 103 cm³/mol. The topological polar surface area (TPSA) is 74.6 Å². The molecule has 0 saturated heterocycles. The van der Waals surface area contributed by atoms with Crippen LogP contribution in [-0.4, -0.2) is 22.2 Å². The number of carboxylic acids is 2. The Kier molecular flexibility index (Phi) is 7.48. The van der Waals surface area contributed by atoms with Crippen LogP contribution in [0.1, 0.15) is 97.3 Å². The van der Waals surface area contributed by atoms with E-state index >= 15 is 0 Å². The minimum Gasteiger partial charge on any atom is -0.478 e. The molecule has 2 N–H and O–H groups in total. The Hall–Kier alpha value is -1.58. The summed E-state index contributed by atoms with van der Waals surface area (Å²) in [5, 5.41) is 19.9. The molecule has 0 atom stereocenters. The zero-order valence-corrected chi connectivity index (χ0v) is 16.4. The maximum Gasteiger partial charge on any atom is 0.336 e. The molecule has 0 aromatic rings. The van der Waals surface area contributed by atoms with Crippen LogP contribution in [0.3, 0.4) is 0 Å². The molecule has 0 bridgehead atoms. The highest BCUT2D eigenvalue weighted by atomic mass is 16.4. The first kappa shape index (κ1) is 20.7. The van der Waals surface area contributed by atoms with Crippen LogP contribution in [0.2, 0.25) is 0 Å². The molecule has 2 aliphatic rings.